The molecule has 0 spiro atoms. The second-order valence-corrected chi connectivity index (χ2v) is 4.80. The van der Waals surface area contributed by atoms with Gasteiger partial charge in [0.05, 0.1) is 0 Å². The zero-order chi connectivity index (χ0) is 11.5. The fourth-order valence-corrected chi connectivity index (χ4v) is 1.76. The Kier molecular flexibility index (Phi) is 3.72. The molecule has 1 aromatic heterocycles. The molecule has 84 valence electrons. The van der Waals surface area contributed by atoms with Crippen LogP contribution in [0.4, 0.5) is 5.82 Å². The Hall–Kier alpha value is -1.05. The molecule has 0 atom stereocenters. The first-order valence-electron chi connectivity index (χ1n) is 5.71. The fourth-order valence-electron chi connectivity index (χ4n) is 1.76. The maximum Gasteiger partial charge on any atom is 0.132 e. The van der Waals surface area contributed by atoms with Gasteiger partial charge in [-0.05, 0) is 25.3 Å². The summed E-state index contributed by atoms with van der Waals surface area (Å²) in [6.45, 7) is 13.1. The summed E-state index contributed by atoms with van der Waals surface area (Å²) >= 11 is 0. The monoisotopic (exact) mass is 206 g/mol. The van der Waals surface area contributed by atoms with Crippen LogP contribution < -0.4 is 4.90 Å². The van der Waals surface area contributed by atoms with Crippen molar-refractivity contribution < 1.29 is 0 Å². The minimum absolute atomic E-state index is 0.159. The van der Waals surface area contributed by atoms with Crippen molar-refractivity contribution in [1.82, 2.24) is 4.98 Å². The summed E-state index contributed by atoms with van der Waals surface area (Å²) in [5.74, 6) is 1.13. The Morgan fingerprint density at radius 1 is 1.20 bits per heavy atom. The van der Waals surface area contributed by atoms with Gasteiger partial charge in [-0.15, -0.1) is 0 Å². The highest BCUT2D eigenvalue weighted by molar-refractivity contribution is 5.49. The van der Waals surface area contributed by atoms with E-state index in [0.717, 1.165) is 18.9 Å². The van der Waals surface area contributed by atoms with Gasteiger partial charge in [-0.1, -0.05) is 26.8 Å². The summed E-state index contributed by atoms with van der Waals surface area (Å²) in [4.78, 5) is 6.82. The minimum atomic E-state index is 0.159. The molecular weight excluding hydrogens is 184 g/mol. The molecular formula is C13H22N2. The van der Waals surface area contributed by atoms with Crippen LogP contribution in [-0.4, -0.2) is 18.1 Å². The van der Waals surface area contributed by atoms with Crippen molar-refractivity contribution >= 4 is 5.82 Å². The van der Waals surface area contributed by atoms with E-state index in [9.17, 15) is 0 Å². The average Bonchev–Trinajstić information content (AvgIpc) is 2.19. The Morgan fingerprint density at radius 2 is 1.80 bits per heavy atom. The summed E-state index contributed by atoms with van der Waals surface area (Å²) in [6, 6.07) is 4.20. The van der Waals surface area contributed by atoms with Crippen molar-refractivity contribution in [1.29, 1.82) is 0 Å². The summed E-state index contributed by atoms with van der Waals surface area (Å²) in [5, 5.41) is 0. The maximum absolute atomic E-state index is 4.51. The van der Waals surface area contributed by atoms with Crippen LogP contribution in [0.15, 0.2) is 18.3 Å². The van der Waals surface area contributed by atoms with Crippen LogP contribution in [-0.2, 0) is 5.41 Å². The van der Waals surface area contributed by atoms with Crippen molar-refractivity contribution in [3.8, 4) is 0 Å². The van der Waals surface area contributed by atoms with Gasteiger partial charge in [0.25, 0.3) is 0 Å². The van der Waals surface area contributed by atoms with Crippen molar-refractivity contribution in [3.05, 3.63) is 23.9 Å². The number of pyridine rings is 1. The fraction of sp³-hybridized carbons (Fsp3) is 0.615. The molecule has 0 amide bonds. The lowest BCUT2D eigenvalue weighted by molar-refractivity contribution is 0.584. The van der Waals surface area contributed by atoms with E-state index in [1.165, 1.54) is 5.56 Å². The van der Waals surface area contributed by atoms with Gasteiger partial charge in [0.2, 0.25) is 0 Å². The highest BCUT2D eigenvalue weighted by atomic mass is 15.2. The van der Waals surface area contributed by atoms with Crippen molar-refractivity contribution in [2.24, 2.45) is 0 Å². The van der Waals surface area contributed by atoms with E-state index in [1.54, 1.807) is 0 Å². The van der Waals surface area contributed by atoms with Gasteiger partial charge in [-0.3, -0.25) is 0 Å². The van der Waals surface area contributed by atoms with E-state index < -0.39 is 0 Å². The lowest BCUT2D eigenvalue weighted by Crippen LogP contribution is -2.27. The third-order valence-electron chi connectivity index (χ3n) is 2.66. The molecule has 0 bridgehead atoms. The second-order valence-electron chi connectivity index (χ2n) is 4.80. The normalized spacial score (nSPS) is 11.5. The number of rotatable bonds is 3. The average molecular weight is 206 g/mol. The first-order valence-corrected chi connectivity index (χ1v) is 5.71. The third kappa shape index (κ3) is 2.71. The number of aromatic nitrogens is 1. The van der Waals surface area contributed by atoms with Gasteiger partial charge in [-0.2, -0.15) is 0 Å². The summed E-state index contributed by atoms with van der Waals surface area (Å²) < 4.78 is 0. The van der Waals surface area contributed by atoms with E-state index >= 15 is 0 Å². The Bertz CT molecular complexity index is 309. The zero-order valence-corrected chi connectivity index (χ0v) is 10.5. The highest BCUT2D eigenvalue weighted by Gasteiger charge is 2.20. The van der Waals surface area contributed by atoms with Crippen LogP contribution in [0.1, 0.15) is 40.2 Å². The Morgan fingerprint density at radius 3 is 2.27 bits per heavy atom. The number of hydrogen-bond donors (Lipinski definition) is 0. The molecule has 2 nitrogen and oxygen atoms in total. The molecule has 0 N–H and O–H groups in total. The van der Waals surface area contributed by atoms with E-state index in [4.69, 9.17) is 0 Å². The zero-order valence-electron chi connectivity index (χ0n) is 10.5. The van der Waals surface area contributed by atoms with Crippen molar-refractivity contribution in [2.75, 3.05) is 18.0 Å². The second kappa shape index (κ2) is 4.65. The molecule has 1 aromatic rings. The van der Waals surface area contributed by atoms with E-state index in [1.807, 2.05) is 12.3 Å². The first kappa shape index (κ1) is 12.0. The van der Waals surface area contributed by atoms with Gasteiger partial charge in [-0.25, -0.2) is 4.98 Å². The first-order chi connectivity index (χ1) is 7.00. The number of anilines is 1. The molecule has 0 radical (unpaired) electrons. The molecule has 0 saturated heterocycles. The van der Waals surface area contributed by atoms with Crippen molar-refractivity contribution in [2.45, 2.75) is 40.0 Å². The highest BCUT2D eigenvalue weighted by Crippen LogP contribution is 2.29. The molecule has 1 rings (SSSR count). The SMILES string of the molecule is CCN(CC)c1ncccc1C(C)(C)C. The molecule has 15 heavy (non-hydrogen) atoms. The van der Waals surface area contributed by atoms with E-state index in [0.29, 0.717) is 0 Å². The molecule has 0 aliphatic rings. The van der Waals surface area contributed by atoms with Crippen LogP contribution in [0, 0.1) is 0 Å². The number of nitrogens with zero attached hydrogens (tertiary/aromatic N) is 2. The predicted molar refractivity (Wildman–Crippen MR) is 66.5 cm³/mol. The predicted octanol–water partition coefficient (Wildman–Crippen LogP) is 3.23. The van der Waals surface area contributed by atoms with Crippen molar-refractivity contribution in [3.63, 3.8) is 0 Å². The lowest BCUT2D eigenvalue weighted by atomic mass is 9.87. The minimum Gasteiger partial charge on any atom is -0.357 e. The molecule has 0 aromatic carbocycles. The van der Waals surface area contributed by atoms with Crippen LogP contribution in [0.5, 0.6) is 0 Å². The maximum atomic E-state index is 4.51. The summed E-state index contributed by atoms with van der Waals surface area (Å²) in [5.41, 5.74) is 1.49. The molecule has 1 heterocycles. The van der Waals surface area contributed by atoms with E-state index in [2.05, 4.69) is 50.6 Å². The molecule has 0 unspecified atom stereocenters. The lowest BCUT2D eigenvalue weighted by Gasteiger charge is -2.28. The Labute approximate surface area is 93.3 Å². The topological polar surface area (TPSA) is 16.1 Å². The van der Waals surface area contributed by atoms with Crippen LogP contribution in [0.25, 0.3) is 0 Å². The quantitative estimate of drug-likeness (QED) is 0.755. The van der Waals surface area contributed by atoms with Gasteiger partial charge in [0, 0.05) is 24.8 Å². The van der Waals surface area contributed by atoms with Gasteiger partial charge in [0.1, 0.15) is 5.82 Å². The van der Waals surface area contributed by atoms with Gasteiger partial charge < -0.3 is 4.90 Å². The van der Waals surface area contributed by atoms with Crippen LogP contribution >= 0.6 is 0 Å². The standard InChI is InChI=1S/C13H22N2/c1-6-15(7-2)12-11(13(3,4)5)9-8-10-14-12/h8-10H,6-7H2,1-5H3. The Balaban J connectivity index is 3.17. The van der Waals surface area contributed by atoms with Gasteiger partial charge in [0.15, 0.2) is 0 Å². The number of hydrogen-bond acceptors (Lipinski definition) is 2. The molecule has 0 fully saturated rings. The largest absolute Gasteiger partial charge is 0.357 e. The van der Waals surface area contributed by atoms with E-state index in [-0.39, 0.29) is 5.41 Å². The van der Waals surface area contributed by atoms with Crippen LogP contribution in [0.2, 0.25) is 0 Å². The van der Waals surface area contributed by atoms with Crippen LogP contribution in [0.3, 0.4) is 0 Å². The third-order valence-corrected chi connectivity index (χ3v) is 2.66. The smallest absolute Gasteiger partial charge is 0.132 e. The summed E-state index contributed by atoms with van der Waals surface area (Å²) in [7, 11) is 0. The molecule has 0 aliphatic heterocycles. The molecule has 0 saturated carbocycles. The molecule has 0 aliphatic carbocycles. The summed E-state index contributed by atoms with van der Waals surface area (Å²) in [6.07, 6.45) is 1.88. The van der Waals surface area contributed by atoms with Gasteiger partial charge >= 0.3 is 0 Å². The molecule has 2 heteroatoms.